The van der Waals surface area contributed by atoms with Crippen molar-refractivity contribution in [2.75, 3.05) is 0 Å². The Hall–Kier alpha value is -2.20. The summed E-state index contributed by atoms with van der Waals surface area (Å²) in [6, 6.07) is 15.3. The fourth-order valence-corrected chi connectivity index (χ4v) is 2.38. The molecule has 0 aliphatic heterocycles. The fraction of sp³-hybridized carbons (Fsp3) is 0.235. The molecule has 0 aliphatic carbocycles. The standard InChI is InChI=1S/C17H18FNO2/c1-2-17(16(20)21,14-9-6-10-15(18)11-14)19-12-13-7-4-3-5-8-13/h3-11,19H,2,12H2,1H3,(H,20,21). The summed E-state index contributed by atoms with van der Waals surface area (Å²) in [6.45, 7) is 2.18. The highest BCUT2D eigenvalue weighted by atomic mass is 19.1. The van der Waals surface area contributed by atoms with Crippen LogP contribution in [0.2, 0.25) is 0 Å². The van der Waals surface area contributed by atoms with E-state index < -0.39 is 17.3 Å². The van der Waals surface area contributed by atoms with Gasteiger partial charge in [0.25, 0.3) is 0 Å². The van der Waals surface area contributed by atoms with Gasteiger partial charge in [-0.2, -0.15) is 0 Å². The van der Waals surface area contributed by atoms with Crippen LogP contribution in [0.15, 0.2) is 54.6 Å². The van der Waals surface area contributed by atoms with E-state index in [4.69, 9.17) is 0 Å². The fourth-order valence-electron chi connectivity index (χ4n) is 2.38. The minimum absolute atomic E-state index is 0.318. The van der Waals surface area contributed by atoms with Crippen LogP contribution in [0.1, 0.15) is 24.5 Å². The topological polar surface area (TPSA) is 49.3 Å². The maximum absolute atomic E-state index is 13.4. The molecule has 3 nitrogen and oxygen atoms in total. The second-order valence-corrected chi connectivity index (χ2v) is 4.91. The van der Waals surface area contributed by atoms with Gasteiger partial charge in [0.15, 0.2) is 0 Å². The molecule has 110 valence electrons. The zero-order valence-electron chi connectivity index (χ0n) is 11.8. The van der Waals surface area contributed by atoms with Crippen LogP contribution in [0, 0.1) is 5.82 Å². The highest BCUT2D eigenvalue weighted by Gasteiger charge is 2.38. The number of benzene rings is 2. The lowest BCUT2D eigenvalue weighted by molar-refractivity contribution is -0.145. The lowest BCUT2D eigenvalue weighted by atomic mass is 9.87. The molecule has 0 radical (unpaired) electrons. The second kappa shape index (κ2) is 6.50. The molecule has 0 aliphatic rings. The molecule has 1 unspecified atom stereocenters. The Kier molecular flexibility index (Phi) is 4.70. The van der Waals surface area contributed by atoms with Crippen LogP contribution in [0.25, 0.3) is 0 Å². The van der Waals surface area contributed by atoms with Crippen LogP contribution in [0.5, 0.6) is 0 Å². The Bertz CT molecular complexity index is 615. The molecule has 1 atom stereocenters. The molecule has 0 heterocycles. The summed E-state index contributed by atoms with van der Waals surface area (Å²) < 4.78 is 13.4. The van der Waals surface area contributed by atoms with Gasteiger partial charge < -0.3 is 5.11 Å². The van der Waals surface area contributed by atoms with Gasteiger partial charge >= 0.3 is 5.97 Å². The monoisotopic (exact) mass is 287 g/mol. The summed E-state index contributed by atoms with van der Waals surface area (Å²) in [5.41, 5.74) is 0.110. The predicted octanol–water partition coefficient (Wildman–Crippen LogP) is 3.31. The molecule has 21 heavy (non-hydrogen) atoms. The maximum Gasteiger partial charge on any atom is 0.328 e. The van der Waals surface area contributed by atoms with E-state index in [9.17, 15) is 14.3 Å². The van der Waals surface area contributed by atoms with Crippen molar-refractivity contribution < 1.29 is 14.3 Å². The Morgan fingerprint density at radius 3 is 2.48 bits per heavy atom. The van der Waals surface area contributed by atoms with E-state index in [0.29, 0.717) is 18.5 Å². The highest BCUT2D eigenvalue weighted by molar-refractivity contribution is 5.80. The lowest BCUT2D eigenvalue weighted by Gasteiger charge is -2.30. The Balaban J connectivity index is 2.31. The van der Waals surface area contributed by atoms with E-state index in [2.05, 4.69) is 5.32 Å². The zero-order valence-corrected chi connectivity index (χ0v) is 11.8. The largest absolute Gasteiger partial charge is 0.480 e. The van der Waals surface area contributed by atoms with Crippen molar-refractivity contribution in [1.82, 2.24) is 5.32 Å². The van der Waals surface area contributed by atoms with Crippen LogP contribution in [-0.2, 0) is 16.9 Å². The van der Waals surface area contributed by atoms with Crippen molar-refractivity contribution in [2.24, 2.45) is 0 Å². The first-order chi connectivity index (χ1) is 10.1. The number of carboxylic acid groups (broad SMARTS) is 1. The molecular weight excluding hydrogens is 269 g/mol. The number of nitrogens with one attached hydrogen (secondary N) is 1. The molecule has 0 spiro atoms. The van der Waals surface area contributed by atoms with Crippen molar-refractivity contribution in [1.29, 1.82) is 0 Å². The normalized spacial score (nSPS) is 13.6. The number of hydrogen-bond acceptors (Lipinski definition) is 2. The van der Waals surface area contributed by atoms with Crippen molar-refractivity contribution in [2.45, 2.75) is 25.4 Å². The summed E-state index contributed by atoms with van der Waals surface area (Å²) in [5.74, 6) is -1.44. The van der Waals surface area contributed by atoms with Crippen molar-refractivity contribution >= 4 is 5.97 Å². The highest BCUT2D eigenvalue weighted by Crippen LogP contribution is 2.26. The molecule has 2 aromatic carbocycles. The van der Waals surface area contributed by atoms with Crippen LogP contribution in [-0.4, -0.2) is 11.1 Å². The molecule has 0 fully saturated rings. The summed E-state index contributed by atoms with van der Waals surface area (Å²) in [4.78, 5) is 11.8. The third-order valence-electron chi connectivity index (χ3n) is 3.65. The predicted molar refractivity (Wildman–Crippen MR) is 79.3 cm³/mol. The molecule has 0 aromatic heterocycles. The summed E-state index contributed by atoms with van der Waals surface area (Å²) in [6.07, 6.45) is 0.318. The summed E-state index contributed by atoms with van der Waals surface area (Å²) in [7, 11) is 0. The van der Waals surface area contributed by atoms with Crippen LogP contribution < -0.4 is 5.32 Å². The smallest absolute Gasteiger partial charge is 0.328 e. The minimum Gasteiger partial charge on any atom is -0.480 e. The van der Waals surface area contributed by atoms with Gasteiger partial charge in [0.05, 0.1) is 0 Å². The van der Waals surface area contributed by atoms with E-state index in [1.807, 2.05) is 30.3 Å². The SMILES string of the molecule is CCC(NCc1ccccc1)(C(=O)O)c1cccc(F)c1. The van der Waals surface area contributed by atoms with Crippen molar-refractivity contribution in [3.63, 3.8) is 0 Å². The Labute approximate surface area is 123 Å². The molecule has 0 saturated heterocycles. The average Bonchev–Trinajstić information content (AvgIpc) is 2.49. The first kappa shape index (κ1) is 15.2. The molecule has 4 heteroatoms. The van der Waals surface area contributed by atoms with Gasteiger partial charge in [-0.3, -0.25) is 5.32 Å². The van der Waals surface area contributed by atoms with Gasteiger partial charge in [-0.05, 0) is 29.7 Å². The van der Waals surface area contributed by atoms with E-state index in [1.165, 1.54) is 18.2 Å². The van der Waals surface area contributed by atoms with Crippen LogP contribution >= 0.6 is 0 Å². The van der Waals surface area contributed by atoms with Crippen LogP contribution in [0.4, 0.5) is 4.39 Å². The molecule has 2 N–H and O–H groups in total. The third-order valence-corrected chi connectivity index (χ3v) is 3.65. The zero-order chi connectivity index (χ0) is 15.3. The number of hydrogen-bond donors (Lipinski definition) is 2. The maximum atomic E-state index is 13.4. The van der Waals surface area contributed by atoms with E-state index in [0.717, 1.165) is 5.56 Å². The van der Waals surface area contributed by atoms with Gasteiger partial charge in [0.2, 0.25) is 0 Å². The van der Waals surface area contributed by atoms with E-state index >= 15 is 0 Å². The van der Waals surface area contributed by atoms with Gasteiger partial charge in [-0.15, -0.1) is 0 Å². The molecule has 2 rings (SSSR count). The quantitative estimate of drug-likeness (QED) is 0.857. The summed E-state index contributed by atoms with van der Waals surface area (Å²) in [5, 5.41) is 12.7. The lowest BCUT2D eigenvalue weighted by Crippen LogP contribution is -2.48. The molecule has 0 amide bonds. The Morgan fingerprint density at radius 1 is 1.19 bits per heavy atom. The number of halogens is 1. The molecule has 0 bridgehead atoms. The van der Waals surface area contributed by atoms with Gasteiger partial charge in [0, 0.05) is 6.54 Å². The number of carboxylic acids is 1. The van der Waals surface area contributed by atoms with Crippen molar-refractivity contribution in [3.8, 4) is 0 Å². The number of rotatable bonds is 6. The molecule has 2 aromatic rings. The van der Waals surface area contributed by atoms with Crippen molar-refractivity contribution in [3.05, 3.63) is 71.5 Å². The van der Waals surface area contributed by atoms with E-state index in [1.54, 1.807) is 13.0 Å². The number of aliphatic carboxylic acids is 1. The third kappa shape index (κ3) is 3.28. The van der Waals surface area contributed by atoms with Gasteiger partial charge in [-0.25, -0.2) is 9.18 Å². The first-order valence-electron chi connectivity index (χ1n) is 6.87. The van der Waals surface area contributed by atoms with Crippen LogP contribution in [0.3, 0.4) is 0 Å². The number of carbonyl (C=O) groups is 1. The second-order valence-electron chi connectivity index (χ2n) is 4.91. The summed E-state index contributed by atoms with van der Waals surface area (Å²) >= 11 is 0. The Morgan fingerprint density at radius 2 is 1.90 bits per heavy atom. The average molecular weight is 287 g/mol. The molecular formula is C17H18FNO2. The van der Waals surface area contributed by atoms with Gasteiger partial charge in [-0.1, -0.05) is 49.4 Å². The first-order valence-corrected chi connectivity index (χ1v) is 6.87. The molecule has 0 saturated carbocycles. The van der Waals surface area contributed by atoms with Gasteiger partial charge in [0.1, 0.15) is 11.4 Å². The minimum atomic E-state index is -1.29. The van der Waals surface area contributed by atoms with E-state index in [-0.39, 0.29) is 0 Å².